The van der Waals surface area contributed by atoms with Crippen LogP contribution < -0.4 is 5.63 Å². The number of hydrogen-bond donors (Lipinski definition) is 0. The molecule has 3 rings (SSSR count). The predicted octanol–water partition coefficient (Wildman–Crippen LogP) is 3.27. The molecule has 0 spiro atoms. The number of benzene rings is 1. The van der Waals surface area contributed by atoms with E-state index in [-0.39, 0.29) is 5.63 Å². The van der Waals surface area contributed by atoms with Crippen LogP contribution in [0.1, 0.15) is 5.56 Å². The summed E-state index contributed by atoms with van der Waals surface area (Å²) in [6.07, 6.45) is 3.79. The van der Waals surface area contributed by atoms with Gasteiger partial charge in [0.15, 0.2) is 0 Å². The highest BCUT2D eigenvalue weighted by Gasteiger charge is 2.08. The van der Waals surface area contributed by atoms with Crippen molar-refractivity contribution in [2.75, 3.05) is 0 Å². The lowest BCUT2D eigenvalue weighted by molar-refractivity contribution is 0.555. The monoisotopic (exact) mass is 226 g/mol. The Labute approximate surface area is 97.0 Å². The summed E-state index contributed by atoms with van der Waals surface area (Å²) in [6.45, 7) is 3.62. The zero-order chi connectivity index (χ0) is 11.8. The summed E-state index contributed by atoms with van der Waals surface area (Å²) in [4.78, 5) is 11.7. The van der Waals surface area contributed by atoms with Crippen molar-refractivity contribution in [3.63, 3.8) is 0 Å². The minimum atomic E-state index is -0.314. The molecule has 0 bridgehead atoms. The van der Waals surface area contributed by atoms with Crippen LogP contribution in [0.4, 0.5) is 0 Å². The predicted molar refractivity (Wildman–Crippen MR) is 66.2 cm³/mol. The second-order valence-corrected chi connectivity index (χ2v) is 3.87. The SMILES string of the molecule is C=CCc1cc2ccc3occc3c2oc1=O. The molecule has 1 aromatic carbocycles. The van der Waals surface area contributed by atoms with Crippen LogP contribution in [0, 0.1) is 0 Å². The molecule has 0 saturated carbocycles. The smallest absolute Gasteiger partial charge is 0.339 e. The fraction of sp³-hybridized carbons (Fsp3) is 0.0714. The van der Waals surface area contributed by atoms with Crippen molar-refractivity contribution in [2.24, 2.45) is 0 Å². The van der Waals surface area contributed by atoms with E-state index in [1.807, 2.05) is 18.2 Å². The molecule has 2 heterocycles. The van der Waals surface area contributed by atoms with Crippen molar-refractivity contribution in [3.05, 3.63) is 59.2 Å². The first-order valence-corrected chi connectivity index (χ1v) is 5.33. The fourth-order valence-electron chi connectivity index (χ4n) is 1.96. The van der Waals surface area contributed by atoms with E-state index in [0.717, 1.165) is 16.4 Å². The van der Waals surface area contributed by atoms with Gasteiger partial charge in [-0.2, -0.15) is 0 Å². The Kier molecular flexibility index (Phi) is 2.11. The molecule has 84 valence electrons. The number of furan rings is 1. The Morgan fingerprint density at radius 3 is 3.00 bits per heavy atom. The van der Waals surface area contributed by atoms with Crippen LogP contribution in [0.5, 0.6) is 0 Å². The maximum absolute atomic E-state index is 11.7. The van der Waals surface area contributed by atoms with Crippen LogP contribution in [0.15, 0.2) is 56.8 Å². The molecule has 3 nitrogen and oxygen atoms in total. The van der Waals surface area contributed by atoms with Gasteiger partial charge in [0.1, 0.15) is 11.2 Å². The molecule has 3 heteroatoms. The zero-order valence-corrected chi connectivity index (χ0v) is 9.10. The summed E-state index contributed by atoms with van der Waals surface area (Å²) >= 11 is 0. The normalized spacial score (nSPS) is 11.1. The van der Waals surface area contributed by atoms with E-state index < -0.39 is 0 Å². The molecule has 0 saturated heterocycles. The molecule has 0 radical (unpaired) electrons. The average Bonchev–Trinajstić information content (AvgIpc) is 2.79. The third-order valence-electron chi connectivity index (χ3n) is 2.77. The molecule has 2 aromatic heterocycles. The van der Waals surface area contributed by atoms with Crippen molar-refractivity contribution in [1.82, 2.24) is 0 Å². The number of hydrogen-bond acceptors (Lipinski definition) is 3. The van der Waals surface area contributed by atoms with Crippen molar-refractivity contribution in [2.45, 2.75) is 6.42 Å². The van der Waals surface area contributed by atoms with Crippen LogP contribution in [-0.4, -0.2) is 0 Å². The number of fused-ring (bicyclic) bond motifs is 3. The quantitative estimate of drug-likeness (QED) is 0.497. The largest absolute Gasteiger partial charge is 0.464 e. The molecule has 0 amide bonds. The van der Waals surface area contributed by atoms with Crippen LogP contribution >= 0.6 is 0 Å². The molecule has 0 aliphatic carbocycles. The summed E-state index contributed by atoms with van der Waals surface area (Å²) in [6, 6.07) is 7.40. The van der Waals surface area contributed by atoms with Gasteiger partial charge in [-0.1, -0.05) is 6.08 Å². The first-order chi connectivity index (χ1) is 8.29. The van der Waals surface area contributed by atoms with Crippen LogP contribution in [-0.2, 0) is 6.42 Å². The molecular formula is C14H10O3. The van der Waals surface area contributed by atoms with Crippen molar-refractivity contribution in [1.29, 1.82) is 0 Å². The second kappa shape index (κ2) is 3.63. The zero-order valence-electron chi connectivity index (χ0n) is 9.10. The minimum Gasteiger partial charge on any atom is -0.464 e. The van der Waals surface area contributed by atoms with E-state index in [2.05, 4.69) is 6.58 Å². The van der Waals surface area contributed by atoms with Crippen molar-refractivity contribution in [3.8, 4) is 0 Å². The number of rotatable bonds is 2. The molecule has 0 N–H and O–H groups in total. The average molecular weight is 226 g/mol. The summed E-state index contributed by atoms with van der Waals surface area (Å²) < 4.78 is 10.6. The van der Waals surface area contributed by atoms with Crippen LogP contribution in [0.25, 0.3) is 21.9 Å². The van der Waals surface area contributed by atoms with E-state index >= 15 is 0 Å². The molecule has 0 atom stereocenters. The Bertz CT molecular complexity index is 762. The van der Waals surface area contributed by atoms with Gasteiger partial charge in [0.25, 0.3) is 0 Å². The Morgan fingerprint density at radius 1 is 1.29 bits per heavy atom. The van der Waals surface area contributed by atoms with Gasteiger partial charge >= 0.3 is 5.63 Å². The molecule has 0 unspecified atom stereocenters. The fourth-order valence-corrected chi connectivity index (χ4v) is 1.96. The van der Waals surface area contributed by atoms with Gasteiger partial charge in [-0.15, -0.1) is 6.58 Å². The van der Waals surface area contributed by atoms with Crippen molar-refractivity contribution < 1.29 is 8.83 Å². The van der Waals surface area contributed by atoms with Crippen LogP contribution in [0.2, 0.25) is 0 Å². The second-order valence-electron chi connectivity index (χ2n) is 3.87. The van der Waals surface area contributed by atoms with Gasteiger partial charge in [0.2, 0.25) is 0 Å². The van der Waals surface area contributed by atoms with E-state index in [0.29, 0.717) is 17.6 Å². The van der Waals surface area contributed by atoms with Crippen LogP contribution in [0.3, 0.4) is 0 Å². The molecule has 0 aliphatic rings. The summed E-state index contributed by atoms with van der Waals surface area (Å²) in [5.74, 6) is 0. The van der Waals surface area contributed by atoms with Gasteiger partial charge in [-0.3, -0.25) is 0 Å². The number of allylic oxidation sites excluding steroid dienone is 1. The molecule has 17 heavy (non-hydrogen) atoms. The molecular weight excluding hydrogens is 216 g/mol. The Hall–Kier alpha value is -2.29. The van der Waals surface area contributed by atoms with E-state index in [4.69, 9.17) is 8.83 Å². The maximum Gasteiger partial charge on any atom is 0.339 e. The topological polar surface area (TPSA) is 43.4 Å². The first-order valence-electron chi connectivity index (χ1n) is 5.33. The lowest BCUT2D eigenvalue weighted by atomic mass is 10.1. The standard InChI is InChI=1S/C14H10O3/c1-2-3-10-8-9-4-5-12-11(6-7-16-12)13(9)17-14(10)15/h2,4-8H,1,3H2. The van der Waals surface area contributed by atoms with E-state index in [9.17, 15) is 4.79 Å². The van der Waals surface area contributed by atoms with E-state index in [1.54, 1.807) is 18.4 Å². The highest BCUT2D eigenvalue weighted by molar-refractivity contribution is 6.01. The third-order valence-corrected chi connectivity index (χ3v) is 2.77. The molecule has 0 aliphatic heterocycles. The van der Waals surface area contributed by atoms with E-state index in [1.165, 1.54) is 0 Å². The lowest BCUT2D eigenvalue weighted by Crippen LogP contribution is -2.05. The Balaban J connectivity index is 2.42. The van der Waals surface area contributed by atoms with Gasteiger partial charge in [0.05, 0.1) is 11.6 Å². The summed E-state index contributed by atoms with van der Waals surface area (Å²) in [5.41, 5.74) is 1.60. The van der Waals surface area contributed by atoms with Crippen molar-refractivity contribution >= 4 is 21.9 Å². The summed E-state index contributed by atoms with van der Waals surface area (Å²) in [5, 5.41) is 1.72. The van der Waals surface area contributed by atoms with Gasteiger partial charge in [0, 0.05) is 10.9 Å². The lowest BCUT2D eigenvalue weighted by Gasteiger charge is -2.00. The van der Waals surface area contributed by atoms with Gasteiger partial charge < -0.3 is 8.83 Å². The Morgan fingerprint density at radius 2 is 2.18 bits per heavy atom. The summed E-state index contributed by atoms with van der Waals surface area (Å²) in [7, 11) is 0. The van der Waals surface area contributed by atoms with Gasteiger partial charge in [-0.25, -0.2) is 4.79 Å². The third kappa shape index (κ3) is 1.47. The van der Waals surface area contributed by atoms with Gasteiger partial charge in [-0.05, 0) is 30.7 Å². The minimum absolute atomic E-state index is 0.314. The highest BCUT2D eigenvalue weighted by Crippen LogP contribution is 2.25. The highest BCUT2D eigenvalue weighted by atomic mass is 16.4. The molecule has 3 aromatic rings. The maximum atomic E-state index is 11.7. The first kappa shape index (κ1) is 9.90. The molecule has 0 fully saturated rings.